The van der Waals surface area contributed by atoms with Crippen LogP contribution in [0, 0.1) is 5.92 Å². The van der Waals surface area contributed by atoms with E-state index in [4.69, 9.17) is 0 Å². The molecule has 0 atom stereocenters. The van der Waals surface area contributed by atoms with E-state index in [1.165, 1.54) is 16.3 Å². The zero-order valence-corrected chi connectivity index (χ0v) is 17.9. The third-order valence-corrected chi connectivity index (χ3v) is 6.16. The van der Waals surface area contributed by atoms with Gasteiger partial charge in [0, 0.05) is 38.3 Å². The molecule has 31 heavy (non-hydrogen) atoms. The molecule has 0 saturated carbocycles. The molecule has 1 fully saturated rings. The number of rotatable bonds is 6. The van der Waals surface area contributed by atoms with Gasteiger partial charge in [-0.1, -0.05) is 41.7 Å². The maximum atomic E-state index is 12.5. The number of likely N-dealkylation sites (tertiary alicyclic amines) is 1. The maximum absolute atomic E-state index is 12.5. The van der Waals surface area contributed by atoms with Gasteiger partial charge in [0.05, 0.1) is 12.3 Å². The molecule has 0 radical (unpaired) electrons. The minimum Gasteiger partial charge on any atom is -0.343 e. The van der Waals surface area contributed by atoms with Gasteiger partial charge in [-0.2, -0.15) is 5.10 Å². The Kier molecular flexibility index (Phi) is 6.66. The van der Waals surface area contributed by atoms with Crippen molar-refractivity contribution in [1.29, 1.82) is 0 Å². The van der Waals surface area contributed by atoms with E-state index < -0.39 is 0 Å². The van der Waals surface area contributed by atoms with Gasteiger partial charge in [0.1, 0.15) is 5.51 Å². The summed E-state index contributed by atoms with van der Waals surface area (Å²) in [6, 6.07) is 9.80. The van der Waals surface area contributed by atoms with Gasteiger partial charge >= 0.3 is 0 Å². The van der Waals surface area contributed by atoms with Gasteiger partial charge in [0.15, 0.2) is 0 Å². The second-order valence-corrected chi connectivity index (χ2v) is 8.40. The Labute approximate surface area is 184 Å². The van der Waals surface area contributed by atoms with Crippen LogP contribution in [-0.2, 0) is 14.4 Å². The highest BCUT2D eigenvalue weighted by Crippen LogP contribution is 2.21. The average molecular weight is 441 g/mol. The first-order valence-corrected chi connectivity index (χ1v) is 11.3. The topological polar surface area (TPSA) is 108 Å². The molecular formula is C21H24N6O3S. The molecule has 1 N–H and O–H groups in total. The van der Waals surface area contributed by atoms with E-state index in [0.717, 1.165) is 17.7 Å². The highest BCUT2D eigenvalue weighted by Gasteiger charge is 2.28. The Bertz CT molecular complexity index is 955. The van der Waals surface area contributed by atoms with Gasteiger partial charge in [-0.05, 0) is 18.4 Å². The fraction of sp³-hybridized carbons (Fsp3) is 0.429. The third-order valence-electron chi connectivity index (χ3n) is 5.56. The maximum Gasteiger partial charge on any atom is 0.243 e. The fourth-order valence-corrected chi connectivity index (χ4v) is 4.25. The fourth-order valence-electron chi connectivity index (χ4n) is 3.80. The van der Waals surface area contributed by atoms with Gasteiger partial charge in [-0.25, -0.2) is 5.01 Å². The van der Waals surface area contributed by atoms with Gasteiger partial charge < -0.3 is 10.2 Å². The largest absolute Gasteiger partial charge is 0.343 e. The number of piperidine rings is 1. The summed E-state index contributed by atoms with van der Waals surface area (Å²) in [7, 11) is 0. The molecule has 162 valence electrons. The quantitative estimate of drug-likeness (QED) is 0.740. The van der Waals surface area contributed by atoms with Crippen LogP contribution in [0.25, 0.3) is 0 Å². The van der Waals surface area contributed by atoms with Gasteiger partial charge in [-0.15, -0.1) is 10.2 Å². The number of amides is 3. The summed E-state index contributed by atoms with van der Waals surface area (Å²) >= 11 is 1.28. The summed E-state index contributed by atoms with van der Waals surface area (Å²) in [5, 5.41) is 16.7. The number of hydrogen-bond acceptors (Lipinski definition) is 7. The Morgan fingerprint density at radius 1 is 1.03 bits per heavy atom. The van der Waals surface area contributed by atoms with Crippen molar-refractivity contribution < 1.29 is 14.4 Å². The van der Waals surface area contributed by atoms with E-state index in [1.54, 1.807) is 10.4 Å². The van der Waals surface area contributed by atoms with Crippen molar-refractivity contribution in [2.24, 2.45) is 11.0 Å². The summed E-state index contributed by atoms with van der Waals surface area (Å²) in [6.45, 7) is 1.58. The molecule has 1 saturated heterocycles. The first kappa shape index (κ1) is 21.1. The molecule has 0 spiro atoms. The summed E-state index contributed by atoms with van der Waals surface area (Å²) in [5.41, 5.74) is 3.48. The summed E-state index contributed by atoms with van der Waals surface area (Å²) in [4.78, 5) is 39.1. The molecule has 3 amide bonds. The van der Waals surface area contributed by atoms with E-state index >= 15 is 0 Å². The zero-order chi connectivity index (χ0) is 21.6. The second-order valence-electron chi connectivity index (χ2n) is 7.57. The lowest BCUT2D eigenvalue weighted by Crippen LogP contribution is -2.41. The van der Waals surface area contributed by atoms with Crippen LogP contribution in [0.15, 0.2) is 40.9 Å². The number of hydrazone groups is 1. The predicted octanol–water partition coefficient (Wildman–Crippen LogP) is 2.13. The molecule has 3 heterocycles. The predicted molar refractivity (Wildman–Crippen MR) is 116 cm³/mol. The summed E-state index contributed by atoms with van der Waals surface area (Å²) in [5.74, 6) is -0.418. The number of carbonyl (C=O) groups is 3. The van der Waals surface area contributed by atoms with Crippen LogP contribution in [0.5, 0.6) is 0 Å². The minimum atomic E-state index is -0.148. The first-order valence-electron chi connectivity index (χ1n) is 10.4. The number of hydrogen-bond donors (Lipinski definition) is 1. The molecule has 2 aliphatic rings. The number of benzene rings is 1. The average Bonchev–Trinajstić information content (AvgIpc) is 3.50. The second kappa shape index (κ2) is 9.78. The van der Waals surface area contributed by atoms with E-state index in [0.29, 0.717) is 37.6 Å². The van der Waals surface area contributed by atoms with Crippen molar-refractivity contribution in [3.05, 3.63) is 41.4 Å². The molecule has 1 aromatic carbocycles. The normalized spacial score (nSPS) is 16.8. The van der Waals surface area contributed by atoms with Crippen LogP contribution in [0.4, 0.5) is 5.13 Å². The van der Waals surface area contributed by atoms with Crippen molar-refractivity contribution >= 4 is 39.9 Å². The number of nitrogens with zero attached hydrogens (tertiary/aromatic N) is 5. The van der Waals surface area contributed by atoms with Crippen molar-refractivity contribution in [3.8, 4) is 0 Å². The van der Waals surface area contributed by atoms with E-state index in [9.17, 15) is 14.4 Å². The molecule has 0 bridgehead atoms. The molecule has 0 unspecified atom stereocenters. The molecule has 2 aromatic rings. The number of aromatic nitrogens is 2. The molecule has 1 aromatic heterocycles. The lowest BCUT2D eigenvalue weighted by molar-refractivity contribution is -0.138. The standard InChI is InChI=1S/C21H24N6O3S/c28-18(26-11-8-16(9-12-26)20(30)23-21-24-22-14-31-21)6-7-19(29)27-13-10-17(25-27)15-4-2-1-3-5-15/h1-5,14,16H,6-13H2,(H,23,24,30). The lowest BCUT2D eigenvalue weighted by atomic mass is 9.95. The number of anilines is 1. The molecule has 2 aliphatic heterocycles. The monoisotopic (exact) mass is 440 g/mol. The van der Waals surface area contributed by atoms with Crippen molar-refractivity contribution in [1.82, 2.24) is 20.1 Å². The third kappa shape index (κ3) is 5.32. The lowest BCUT2D eigenvalue weighted by Gasteiger charge is -2.31. The summed E-state index contributed by atoms with van der Waals surface area (Å²) < 4.78 is 0. The van der Waals surface area contributed by atoms with Crippen molar-refractivity contribution in [3.63, 3.8) is 0 Å². The van der Waals surface area contributed by atoms with Gasteiger partial charge in [0.2, 0.25) is 22.9 Å². The SMILES string of the molecule is O=C(Nc1nncs1)C1CCN(C(=O)CCC(=O)N2CCC(c3ccccc3)=N2)CC1. The van der Waals surface area contributed by atoms with Crippen molar-refractivity contribution in [2.75, 3.05) is 25.0 Å². The van der Waals surface area contributed by atoms with Crippen LogP contribution in [0.2, 0.25) is 0 Å². The van der Waals surface area contributed by atoms with E-state index in [2.05, 4.69) is 20.6 Å². The Morgan fingerprint density at radius 2 is 1.77 bits per heavy atom. The van der Waals surface area contributed by atoms with Crippen LogP contribution < -0.4 is 5.32 Å². The van der Waals surface area contributed by atoms with Crippen LogP contribution in [0.3, 0.4) is 0 Å². The highest BCUT2D eigenvalue weighted by atomic mass is 32.1. The molecule has 10 heteroatoms. The Hall–Kier alpha value is -3.14. The molecule has 9 nitrogen and oxygen atoms in total. The summed E-state index contributed by atoms with van der Waals surface area (Å²) in [6.07, 6.45) is 2.22. The minimum absolute atomic E-state index is 0.0530. The number of carbonyl (C=O) groups excluding carboxylic acids is 3. The van der Waals surface area contributed by atoms with Gasteiger partial charge in [-0.3, -0.25) is 14.4 Å². The molecular weight excluding hydrogens is 416 g/mol. The number of nitrogens with one attached hydrogen (secondary N) is 1. The van der Waals surface area contributed by atoms with Crippen LogP contribution in [0.1, 0.15) is 37.7 Å². The molecule has 0 aliphatic carbocycles. The zero-order valence-electron chi connectivity index (χ0n) is 17.1. The highest BCUT2D eigenvalue weighted by molar-refractivity contribution is 7.13. The smallest absolute Gasteiger partial charge is 0.243 e. The van der Waals surface area contributed by atoms with Crippen molar-refractivity contribution in [2.45, 2.75) is 32.1 Å². The van der Waals surface area contributed by atoms with Crippen LogP contribution in [-0.4, -0.2) is 63.2 Å². The van der Waals surface area contributed by atoms with E-state index in [1.807, 2.05) is 30.3 Å². The van der Waals surface area contributed by atoms with E-state index in [-0.39, 0.29) is 36.5 Å². The van der Waals surface area contributed by atoms with Crippen LogP contribution >= 0.6 is 11.3 Å². The molecule has 4 rings (SSSR count). The van der Waals surface area contributed by atoms with Gasteiger partial charge in [0.25, 0.3) is 0 Å². The first-order chi connectivity index (χ1) is 15.1. The Morgan fingerprint density at radius 3 is 2.48 bits per heavy atom. The Balaban J connectivity index is 1.20.